The van der Waals surface area contributed by atoms with Gasteiger partial charge in [-0.15, -0.1) is 0 Å². The fraction of sp³-hybridized carbons (Fsp3) is 0.967. The van der Waals surface area contributed by atoms with Gasteiger partial charge in [-0.05, 0) is 12.8 Å². The first-order valence-electron chi connectivity index (χ1n) is 15.0. The molecule has 0 aliphatic rings. The second-order valence-corrected chi connectivity index (χ2v) is 10.1. The Morgan fingerprint density at radius 2 is 0.697 bits per heavy atom. The van der Waals surface area contributed by atoms with Crippen LogP contribution >= 0.6 is 0 Å². The number of rotatable bonds is 27. The minimum absolute atomic E-state index is 0. The second-order valence-electron chi connectivity index (χ2n) is 10.1. The predicted octanol–water partition coefficient (Wildman–Crippen LogP) is 9.80. The Balaban J connectivity index is 0. The maximum atomic E-state index is 11.8. The summed E-state index contributed by atoms with van der Waals surface area (Å²) in [4.78, 5) is 11.8. The van der Waals surface area contributed by atoms with Crippen molar-refractivity contribution in [1.82, 2.24) is 0 Å². The molecule has 0 aromatic heterocycles. The molecule has 0 aromatic rings. The summed E-state index contributed by atoms with van der Waals surface area (Å²) in [5, 5.41) is 0. The van der Waals surface area contributed by atoms with E-state index in [1.165, 1.54) is 148 Å². The first kappa shape index (κ1) is 35.9. The van der Waals surface area contributed by atoms with Gasteiger partial charge in [0, 0.05) is 6.42 Å². The van der Waals surface area contributed by atoms with Crippen molar-refractivity contribution in [2.24, 2.45) is 0 Å². The van der Waals surface area contributed by atoms with E-state index < -0.39 is 0 Å². The van der Waals surface area contributed by atoms with Gasteiger partial charge in [0.15, 0.2) is 0 Å². The summed E-state index contributed by atoms with van der Waals surface area (Å²) < 4.78 is 5.39. The Morgan fingerprint density at radius 1 is 0.424 bits per heavy atom. The molecule has 33 heavy (non-hydrogen) atoms. The monoisotopic (exact) mass is 494 g/mol. The number of ether oxygens (including phenoxy) is 1. The van der Waals surface area contributed by atoms with Crippen molar-refractivity contribution < 1.29 is 9.53 Å². The molecule has 0 amide bonds. The van der Waals surface area contributed by atoms with Gasteiger partial charge in [-0.25, -0.2) is 0 Å². The Bertz CT molecular complexity index is 359. The standard InChI is InChI=1S/C30H60O2.Ca.2H/c1-3-5-7-9-11-13-14-15-16-17-18-19-21-23-25-27-29-32-30(31)28-26-24-22-20-12-10-8-6-4-2;;;/h3-29H2,1-2H3;;;. The molecule has 0 aliphatic heterocycles. The first-order valence-corrected chi connectivity index (χ1v) is 15.0. The number of hydrogen-bond donors (Lipinski definition) is 0. The molecule has 0 bridgehead atoms. The van der Waals surface area contributed by atoms with Crippen LogP contribution in [0.15, 0.2) is 0 Å². The van der Waals surface area contributed by atoms with Crippen molar-refractivity contribution in [1.29, 1.82) is 0 Å². The fourth-order valence-electron chi connectivity index (χ4n) is 4.49. The van der Waals surface area contributed by atoms with E-state index in [1.807, 2.05) is 0 Å². The van der Waals surface area contributed by atoms with Crippen LogP contribution in [0.5, 0.6) is 0 Å². The SMILES string of the molecule is CCCCCCCCCCCCCCCCCCOC(=O)CCCCCCCCCCC.[CaH2]. The first-order chi connectivity index (χ1) is 15.8. The molecular weight excluding hydrogens is 432 g/mol. The fourth-order valence-corrected chi connectivity index (χ4v) is 4.49. The van der Waals surface area contributed by atoms with E-state index in [1.54, 1.807) is 0 Å². The van der Waals surface area contributed by atoms with E-state index in [2.05, 4.69) is 13.8 Å². The van der Waals surface area contributed by atoms with Crippen molar-refractivity contribution >= 4 is 43.7 Å². The normalized spacial score (nSPS) is 10.8. The Morgan fingerprint density at radius 3 is 1.03 bits per heavy atom. The molecule has 0 heterocycles. The molecule has 0 atom stereocenters. The molecule has 3 heteroatoms. The Labute approximate surface area is 239 Å². The van der Waals surface area contributed by atoms with Crippen molar-refractivity contribution in [3.05, 3.63) is 0 Å². The van der Waals surface area contributed by atoms with Gasteiger partial charge in [0.2, 0.25) is 0 Å². The maximum absolute atomic E-state index is 11.8. The molecule has 0 saturated heterocycles. The Kier molecular flexibility index (Phi) is 35.6. The van der Waals surface area contributed by atoms with Gasteiger partial charge in [-0.2, -0.15) is 0 Å². The molecule has 0 radical (unpaired) electrons. The van der Waals surface area contributed by atoms with E-state index in [0.29, 0.717) is 13.0 Å². The Hall–Kier alpha value is 0.730. The molecule has 0 unspecified atom stereocenters. The van der Waals surface area contributed by atoms with Gasteiger partial charge in [0.05, 0.1) is 6.61 Å². The topological polar surface area (TPSA) is 26.3 Å². The third-order valence-electron chi connectivity index (χ3n) is 6.75. The van der Waals surface area contributed by atoms with Gasteiger partial charge < -0.3 is 4.74 Å². The number of unbranched alkanes of at least 4 members (excludes halogenated alkanes) is 23. The summed E-state index contributed by atoms with van der Waals surface area (Å²) >= 11 is 0. The zero-order valence-corrected chi connectivity index (χ0v) is 22.4. The van der Waals surface area contributed by atoms with Gasteiger partial charge in [0.25, 0.3) is 0 Å². The van der Waals surface area contributed by atoms with Crippen LogP contribution < -0.4 is 0 Å². The molecule has 0 spiro atoms. The van der Waals surface area contributed by atoms with Gasteiger partial charge >= 0.3 is 43.7 Å². The third-order valence-corrected chi connectivity index (χ3v) is 6.75. The summed E-state index contributed by atoms with van der Waals surface area (Å²) in [6.45, 7) is 5.19. The molecule has 196 valence electrons. The van der Waals surface area contributed by atoms with E-state index in [-0.39, 0.29) is 43.7 Å². The molecular formula is C30H62CaO2. The zero-order valence-electron chi connectivity index (χ0n) is 22.4. The van der Waals surface area contributed by atoms with Crippen LogP contribution in [-0.2, 0) is 9.53 Å². The third kappa shape index (κ3) is 32.7. The van der Waals surface area contributed by atoms with Crippen LogP contribution in [0, 0.1) is 0 Å². The summed E-state index contributed by atoms with van der Waals surface area (Å²) in [6, 6.07) is 0. The summed E-state index contributed by atoms with van der Waals surface area (Å²) in [7, 11) is 0. The van der Waals surface area contributed by atoms with E-state index >= 15 is 0 Å². The van der Waals surface area contributed by atoms with Crippen LogP contribution in [0.25, 0.3) is 0 Å². The molecule has 0 aromatic carbocycles. The molecule has 0 rings (SSSR count). The summed E-state index contributed by atoms with van der Waals surface area (Å²) in [5.41, 5.74) is 0. The van der Waals surface area contributed by atoms with Crippen LogP contribution in [0.1, 0.15) is 181 Å². The van der Waals surface area contributed by atoms with Crippen molar-refractivity contribution in [3.63, 3.8) is 0 Å². The molecule has 0 fully saturated rings. The molecule has 0 aliphatic carbocycles. The molecule has 0 N–H and O–H groups in total. The van der Waals surface area contributed by atoms with Gasteiger partial charge in [-0.1, -0.05) is 162 Å². The van der Waals surface area contributed by atoms with Crippen molar-refractivity contribution in [2.45, 2.75) is 181 Å². The van der Waals surface area contributed by atoms with Gasteiger partial charge in [-0.3, -0.25) is 4.79 Å². The average molecular weight is 495 g/mol. The van der Waals surface area contributed by atoms with E-state index in [0.717, 1.165) is 12.8 Å². The summed E-state index contributed by atoms with van der Waals surface area (Å²) in [6.07, 6.45) is 34.3. The predicted molar refractivity (Wildman–Crippen MR) is 151 cm³/mol. The van der Waals surface area contributed by atoms with Crippen molar-refractivity contribution in [2.75, 3.05) is 6.61 Å². The number of esters is 1. The van der Waals surface area contributed by atoms with Crippen LogP contribution in [-0.4, -0.2) is 50.3 Å². The van der Waals surface area contributed by atoms with Gasteiger partial charge in [0.1, 0.15) is 0 Å². The molecule has 0 saturated carbocycles. The number of carbonyl (C=O) groups excluding carboxylic acids is 1. The quantitative estimate of drug-likeness (QED) is 0.0645. The number of hydrogen-bond acceptors (Lipinski definition) is 2. The van der Waals surface area contributed by atoms with Crippen LogP contribution in [0.3, 0.4) is 0 Å². The van der Waals surface area contributed by atoms with Crippen LogP contribution in [0.4, 0.5) is 0 Å². The summed E-state index contributed by atoms with van der Waals surface area (Å²) in [5.74, 6) is 0.0221. The van der Waals surface area contributed by atoms with Crippen molar-refractivity contribution in [3.8, 4) is 0 Å². The average Bonchev–Trinajstić information content (AvgIpc) is 2.80. The zero-order chi connectivity index (χ0) is 23.4. The minimum atomic E-state index is 0. The van der Waals surface area contributed by atoms with E-state index in [9.17, 15) is 4.79 Å². The molecule has 2 nitrogen and oxygen atoms in total. The van der Waals surface area contributed by atoms with Crippen LogP contribution in [0.2, 0.25) is 0 Å². The van der Waals surface area contributed by atoms with E-state index in [4.69, 9.17) is 4.74 Å². The second kappa shape index (κ2) is 32.7. The number of carbonyl (C=O) groups is 1.